The summed E-state index contributed by atoms with van der Waals surface area (Å²) in [7, 11) is 1.73. The number of amides is 1. The number of aliphatic imine (C=N–C) groups is 1. The van der Waals surface area contributed by atoms with Gasteiger partial charge in [0.2, 0.25) is 5.91 Å². The zero-order chi connectivity index (χ0) is 19.0. The van der Waals surface area contributed by atoms with Gasteiger partial charge in [0.1, 0.15) is 5.82 Å². The van der Waals surface area contributed by atoms with E-state index in [1.165, 1.54) is 12.5 Å². The van der Waals surface area contributed by atoms with Crippen LogP contribution in [0.25, 0.3) is 0 Å². The summed E-state index contributed by atoms with van der Waals surface area (Å²) in [6.45, 7) is 6.17. The molecule has 0 heterocycles. The number of rotatable bonds is 8. The van der Waals surface area contributed by atoms with Gasteiger partial charge in [0.05, 0.1) is 0 Å². The number of benzene rings is 1. The maximum Gasteiger partial charge on any atom is 0.223 e. The molecule has 0 unspecified atom stereocenters. The maximum atomic E-state index is 13.4. The number of carbonyl (C=O) groups excluding carboxylic acids is 1. The highest BCUT2D eigenvalue weighted by Crippen LogP contribution is 2.26. The summed E-state index contributed by atoms with van der Waals surface area (Å²) in [5.41, 5.74) is 0.718. The van der Waals surface area contributed by atoms with Gasteiger partial charge in [0.15, 0.2) is 5.96 Å². The highest BCUT2D eigenvalue weighted by Gasteiger charge is 2.24. The maximum absolute atomic E-state index is 13.4. The lowest BCUT2D eigenvalue weighted by Gasteiger charge is -2.27. The molecule has 2 rings (SSSR count). The Bertz CT molecular complexity index is 632. The van der Waals surface area contributed by atoms with E-state index in [9.17, 15) is 9.18 Å². The molecule has 0 aliphatic heterocycles. The van der Waals surface area contributed by atoms with Crippen LogP contribution in [-0.4, -0.2) is 38.5 Å². The van der Waals surface area contributed by atoms with Gasteiger partial charge in [0.25, 0.3) is 0 Å². The topological polar surface area (TPSA) is 65.5 Å². The van der Waals surface area contributed by atoms with Gasteiger partial charge < -0.3 is 16.0 Å². The number of carbonyl (C=O) groups is 1. The van der Waals surface area contributed by atoms with Crippen molar-refractivity contribution >= 4 is 35.8 Å². The molecule has 0 aromatic heterocycles. The van der Waals surface area contributed by atoms with E-state index in [4.69, 9.17) is 0 Å². The third-order valence-electron chi connectivity index (χ3n) is 4.95. The summed E-state index contributed by atoms with van der Waals surface area (Å²) in [6.07, 6.45) is 4.07. The first kappa shape index (κ1) is 23.7. The highest BCUT2D eigenvalue weighted by atomic mass is 127. The van der Waals surface area contributed by atoms with Crippen molar-refractivity contribution in [1.82, 2.24) is 16.0 Å². The number of nitrogens with zero attached hydrogens (tertiary/aromatic N) is 1. The smallest absolute Gasteiger partial charge is 0.223 e. The van der Waals surface area contributed by atoms with Gasteiger partial charge in [-0.15, -0.1) is 24.0 Å². The van der Waals surface area contributed by atoms with Crippen molar-refractivity contribution in [2.45, 2.75) is 44.9 Å². The van der Waals surface area contributed by atoms with E-state index in [1.54, 1.807) is 19.2 Å². The van der Waals surface area contributed by atoms with Gasteiger partial charge in [-0.2, -0.15) is 0 Å². The molecule has 0 bridgehead atoms. The molecule has 27 heavy (non-hydrogen) atoms. The molecular weight excluding hydrogens is 458 g/mol. The Labute approximate surface area is 179 Å². The Morgan fingerprint density at radius 2 is 1.93 bits per heavy atom. The second kappa shape index (κ2) is 11.5. The Morgan fingerprint density at radius 3 is 2.52 bits per heavy atom. The van der Waals surface area contributed by atoms with E-state index < -0.39 is 0 Å². The largest absolute Gasteiger partial charge is 0.356 e. The monoisotopic (exact) mass is 490 g/mol. The molecule has 1 amide bonds. The van der Waals surface area contributed by atoms with E-state index >= 15 is 0 Å². The van der Waals surface area contributed by atoms with Crippen molar-refractivity contribution < 1.29 is 9.18 Å². The standard InChI is InChI=1S/C20H31FN4O.HI/c1-20(2,16-9-5-10-17(21)13-16)14-25-19(22-3)24-12-6-11-23-18(26)15-7-4-8-15;/h5,9-10,13,15H,4,6-8,11-12,14H2,1-3H3,(H,23,26)(H2,22,24,25);1H. The van der Waals surface area contributed by atoms with E-state index in [0.29, 0.717) is 19.0 Å². The molecule has 0 saturated heterocycles. The third kappa shape index (κ3) is 7.63. The summed E-state index contributed by atoms with van der Waals surface area (Å²) in [5.74, 6) is 0.917. The molecule has 1 aliphatic carbocycles. The molecule has 7 heteroatoms. The van der Waals surface area contributed by atoms with Crippen molar-refractivity contribution in [1.29, 1.82) is 0 Å². The van der Waals surface area contributed by atoms with Crippen LogP contribution in [0.2, 0.25) is 0 Å². The molecule has 3 N–H and O–H groups in total. The van der Waals surface area contributed by atoms with Crippen LogP contribution in [0.3, 0.4) is 0 Å². The summed E-state index contributed by atoms with van der Waals surface area (Å²) >= 11 is 0. The van der Waals surface area contributed by atoms with Gasteiger partial charge in [-0.1, -0.05) is 32.4 Å². The zero-order valence-corrected chi connectivity index (χ0v) is 18.8. The third-order valence-corrected chi connectivity index (χ3v) is 4.95. The van der Waals surface area contributed by atoms with E-state index in [-0.39, 0.29) is 47.0 Å². The van der Waals surface area contributed by atoms with Crippen LogP contribution in [0, 0.1) is 11.7 Å². The SMILES string of the molecule is CN=C(NCCCNC(=O)C1CCC1)NCC(C)(C)c1cccc(F)c1.I. The number of halogens is 2. The predicted octanol–water partition coefficient (Wildman–Crippen LogP) is 3.19. The van der Waals surface area contributed by atoms with Gasteiger partial charge in [-0.05, 0) is 37.0 Å². The van der Waals surface area contributed by atoms with Crippen LogP contribution in [0.4, 0.5) is 4.39 Å². The lowest BCUT2D eigenvalue weighted by molar-refractivity contribution is -0.127. The quantitative estimate of drug-likeness (QED) is 0.227. The minimum absolute atomic E-state index is 0. The van der Waals surface area contributed by atoms with Gasteiger partial charge >= 0.3 is 0 Å². The molecule has 0 spiro atoms. The van der Waals surface area contributed by atoms with E-state index in [0.717, 1.165) is 31.4 Å². The first-order valence-electron chi connectivity index (χ1n) is 9.40. The minimum atomic E-state index is -0.226. The average molecular weight is 490 g/mol. The van der Waals surface area contributed by atoms with Gasteiger partial charge in [0, 0.05) is 38.0 Å². The molecule has 1 fully saturated rings. The Kier molecular flexibility index (Phi) is 10.0. The van der Waals surface area contributed by atoms with Crippen LogP contribution < -0.4 is 16.0 Å². The lowest BCUT2D eigenvalue weighted by atomic mass is 9.84. The molecule has 1 saturated carbocycles. The van der Waals surface area contributed by atoms with Crippen molar-refractivity contribution in [2.24, 2.45) is 10.9 Å². The fourth-order valence-corrected chi connectivity index (χ4v) is 2.86. The predicted molar refractivity (Wildman–Crippen MR) is 119 cm³/mol. The zero-order valence-electron chi connectivity index (χ0n) is 16.5. The van der Waals surface area contributed by atoms with Crippen LogP contribution >= 0.6 is 24.0 Å². The molecule has 1 aromatic carbocycles. The highest BCUT2D eigenvalue weighted by molar-refractivity contribution is 14.0. The summed E-state index contributed by atoms with van der Waals surface area (Å²) in [6, 6.07) is 6.70. The lowest BCUT2D eigenvalue weighted by Crippen LogP contribution is -2.44. The fraction of sp³-hybridized carbons (Fsp3) is 0.600. The summed E-state index contributed by atoms with van der Waals surface area (Å²) in [5, 5.41) is 9.53. The van der Waals surface area contributed by atoms with Crippen LogP contribution in [0.5, 0.6) is 0 Å². The van der Waals surface area contributed by atoms with Crippen molar-refractivity contribution in [3.8, 4) is 0 Å². The number of hydrogen-bond donors (Lipinski definition) is 3. The fourth-order valence-electron chi connectivity index (χ4n) is 2.86. The molecule has 0 atom stereocenters. The van der Waals surface area contributed by atoms with Crippen molar-refractivity contribution in [3.05, 3.63) is 35.6 Å². The molecule has 1 aliphatic rings. The molecule has 5 nitrogen and oxygen atoms in total. The number of nitrogens with one attached hydrogen (secondary N) is 3. The Balaban J connectivity index is 0.00000364. The second-order valence-corrected chi connectivity index (χ2v) is 7.52. The molecular formula is C20H32FIN4O. The van der Waals surface area contributed by atoms with Crippen LogP contribution in [0.1, 0.15) is 45.1 Å². The summed E-state index contributed by atoms with van der Waals surface area (Å²) < 4.78 is 13.4. The number of guanidine groups is 1. The van der Waals surface area contributed by atoms with Crippen molar-refractivity contribution in [2.75, 3.05) is 26.7 Å². The summed E-state index contributed by atoms with van der Waals surface area (Å²) in [4.78, 5) is 16.0. The van der Waals surface area contributed by atoms with E-state index in [1.807, 2.05) is 6.07 Å². The molecule has 1 aromatic rings. The second-order valence-electron chi connectivity index (χ2n) is 7.52. The van der Waals surface area contributed by atoms with Gasteiger partial charge in [-0.25, -0.2) is 4.39 Å². The molecule has 152 valence electrons. The average Bonchev–Trinajstić information content (AvgIpc) is 2.55. The first-order valence-corrected chi connectivity index (χ1v) is 9.40. The normalized spacial score (nSPS) is 14.7. The van der Waals surface area contributed by atoms with E-state index in [2.05, 4.69) is 34.8 Å². The van der Waals surface area contributed by atoms with Crippen LogP contribution in [0.15, 0.2) is 29.3 Å². The Hall–Kier alpha value is -1.38. The van der Waals surface area contributed by atoms with Gasteiger partial charge in [-0.3, -0.25) is 9.79 Å². The first-order chi connectivity index (χ1) is 12.4. The van der Waals surface area contributed by atoms with Crippen LogP contribution in [-0.2, 0) is 10.2 Å². The Morgan fingerprint density at radius 1 is 1.22 bits per heavy atom. The minimum Gasteiger partial charge on any atom is -0.356 e. The molecule has 0 radical (unpaired) electrons. The number of hydrogen-bond acceptors (Lipinski definition) is 2. The van der Waals surface area contributed by atoms with Crippen molar-refractivity contribution in [3.63, 3.8) is 0 Å².